The van der Waals surface area contributed by atoms with Crippen molar-refractivity contribution in [2.75, 3.05) is 14.1 Å². The number of hydrogen-bond donors (Lipinski definition) is 1. The van der Waals surface area contributed by atoms with E-state index in [2.05, 4.69) is 4.90 Å². The third-order valence-electron chi connectivity index (χ3n) is 4.43. The van der Waals surface area contributed by atoms with Crippen LogP contribution in [0.3, 0.4) is 0 Å². The Morgan fingerprint density at radius 2 is 1.89 bits per heavy atom. The lowest BCUT2D eigenvalue weighted by Crippen LogP contribution is -2.52. The van der Waals surface area contributed by atoms with Gasteiger partial charge in [0, 0.05) is 12.0 Å². The molecule has 1 fully saturated rings. The Balaban J connectivity index is 2.20. The Labute approximate surface area is 125 Å². The second-order valence-electron chi connectivity index (χ2n) is 5.64. The van der Waals surface area contributed by atoms with E-state index in [0.717, 1.165) is 18.4 Å². The van der Waals surface area contributed by atoms with E-state index in [1.165, 1.54) is 12.8 Å². The van der Waals surface area contributed by atoms with Crippen LogP contribution in [0.15, 0.2) is 18.2 Å². The van der Waals surface area contributed by atoms with E-state index in [-0.39, 0.29) is 5.54 Å². The van der Waals surface area contributed by atoms with Gasteiger partial charge in [0.25, 0.3) is 0 Å². The van der Waals surface area contributed by atoms with Crippen LogP contribution in [-0.4, -0.2) is 35.7 Å². The Morgan fingerprint density at radius 1 is 1.26 bits per heavy atom. The smallest absolute Gasteiger partial charge is 0.0764 e. The first-order valence-electron chi connectivity index (χ1n) is 6.76. The van der Waals surface area contributed by atoms with Crippen molar-refractivity contribution in [3.63, 3.8) is 0 Å². The lowest BCUT2D eigenvalue weighted by atomic mass is 9.85. The number of rotatable bonds is 4. The summed E-state index contributed by atoms with van der Waals surface area (Å²) in [5.74, 6) is 0. The summed E-state index contributed by atoms with van der Waals surface area (Å²) in [4.78, 5) is 2.17. The maximum Gasteiger partial charge on any atom is 0.0764 e. The molecule has 1 saturated carbocycles. The molecular formula is C15H21Cl2NO. The van der Waals surface area contributed by atoms with Crippen LogP contribution in [0.4, 0.5) is 0 Å². The van der Waals surface area contributed by atoms with Crippen LogP contribution in [0.25, 0.3) is 0 Å². The standard InChI is InChI=1S/C15H21Cl2NO/c1-18(2)15(8-3-4-9-15)13(19)10-11-6-5-7-12(16)14(11)17/h5-7,13,19H,3-4,8-10H2,1-2H3. The molecule has 1 N–H and O–H groups in total. The molecule has 4 heteroatoms. The molecule has 1 aromatic rings. The number of benzene rings is 1. The Kier molecular flexibility index (Phi) is 4.78. The van der Waals surface area contributed by atoms with E-state index in [1.807, 2.05) is 26.2 Å². The largest absolute Gasteiger partial charge is 0.391 e. The molecular weight excluding hydrogens is 281 g/mol. The molecule has 0 aliphatic heterocycles. The van der Waals surface area contributed by atoms with Gasteiger partial charge in [-0.1, -0.05) is 48.2 Å². The van der Waals surface area contributed by atoms with Gasteiger partial charge in [-0.25, -0.2) is 0 Å². The molecule has 106 valence electrons. The molecule has 2 rings (SSSR count). The first-order chi connectivity index (χ1) is 8.97. The van der Waals surface area contributed by atoms with Crippen molar-refractivity contribution in [1.82, 2.24) is 4.90 Å². The summed E-state index contributed by atoms with van der Waals surface area (Å²) >= 11 is 12.2. The topological polar surface area (TPSA) is 23.5 Å². The second-order valence-corrected chi connectivity index (χ2v) is 6.42. The zero-order valence-corrected chi connectivity index (χ0v) is 13.0. The predicted molar refractivity (Wildman–Crippen MR) is 81.1 cm³/mol. The highest BCUT2D eigenvalue weighted by atomic mass is 35.5. The van der Waals surface area contributed by atoms with Gasteiger partial charge >= 0.3 is 0 Å². The number of halogens is 2. The minimum absolute atomic E-state index is 0.119. The molecule has 0 aromatic heterocycles. The Morgan fingerprint density at radius 3 is 2.47 bits per heavy atom. The molecule has 0 heterocycles. The molecule has 0 bridgehead atoms. The third-order valence-corrected chi connectivity index (χ3v) is 5.28. The zero-order chi connectivity index (χ0) is 14.0. The van der Waals surface area contributed by atoms with Crippen molar-refractivity contribution in [3.8, 4) is 0 Å². The van der Waals surface area contributed by atoms with Crippen LogP contribution in [0, 0.1) is 0 Å². The van der Waals surface area contributed by atoms with Gasteiger partial charge in [0.1, 0.15) is 0 Å². The maximum atomic E-state index is 10.7. The van der Waals surface area contributed by atoms with Crippen LogP contribution in [0.2, 0.25) is 10.0 Å². The van der Waals surface area contributed by atoms with Gasteiger partial charge in [0.15, 0.2) is 0 Å². The summed E-state index contributed by atoms with van der Waals surface area (Å²) in [5, 5.41) is 11.8. The normalized spacial score (nSPS) is 19.9. The summed E-state index contributed by atoms with van der Waals surface area (Å²) in [6, 6.07) is 5.60. The number of aliphatic hydroxyl groups excluding tert-OH is 1. The summed E-state index contributed by atoms with van der Waals surface area (Å²) < 4.78 is 0. The summed E-state index contributed by atoms with van der Waals surface area (Å²) in [5.41, 5.74) is 0.806. The van der Waals surface area contributed by atoms with Crippen molar-refractivity contribution in [2.45, 2.75) is 43.7 Å². The van der Waals surface area contributed by atoms with Gasteiger partial charge in [-0.2, -0.15) is 0 Å². The van der Waals surface area contributed by atoms with Crippen LogP contribution >= 0.6 is 23.2 Å². The van der Waals surface area contributed by atoms with Crippen LogP contribution in [0.1, 0.15) is 31.2 Å². The summed E-state index contributed by atoms with van der Waals surface area (Å²) in [7, 11) is 4.10. The fourth-order valence-electron chi connectivity index (χ4n) is 3.17. The van der Waals surface area contributed by atoms with Gasteiger partial charge in [0.2, 0.25) is 0 Å². The van der Waals surface area contributed by atoms with E-state index in [0.29, 0.717) is 16.5 Å². The lowest BCUT2D eigenvalue weighted by Gasteiger charge is -2.40. The van der Waals surface area contributed by atoms with Crippen LogP contribution < -0.4 is 0 Å². The quantitative estimate of drug-likeness (QED) is 0.915. The molecule has 0 spiro atoms. The molecule has 19 heavy (non-hydrogen) atoms. The van der Waals surface area contributed by atoms with E-state index in [1.54, 1.807) is 6.07 Å². The van der Waals surface area contributed by atoms with E-state index >= 15 is 0 Å². The number of aliphatic hydroxyl groups is 1. The van der Waals surface area contributed by atoms with Crippen LogP contribution in [-0.2, 0) is 6.42 Å². The summed E-state index contributed by atoms with van der Waals surface area (Å²) in [6.45, 7) is 0. The van der Waals surface area contributed by atoms with Crippen molar-refractivity contribution in [2.24, 2.45) is 0 Å². The highest BCUT2D eigenvalue weighted by Gasteiger charge is 2.42. The number of nitrogens with zero attached hydrogens (tertiary/aromatic N) is 1. The fraction of sp³-hybridized carbons (Fsp3) is 0.600. The Hall–Kier alpha value is -0.280. The molecule has 0 saturated heterocycles. The van der Waals surface area contributed by atoms with Gasteiger partial charge in [0.05, 0.1) is 16.1 Å². The predicted octanol–water partition coefficient (Wildman–Crippen LogP) is 3.77. The van der Waals surface area contributed by atoms with Crippen LogP contribution in [0.5, 0.6) is 0 Å². The number of hydrogen-bond acceptors (Lipinski definition) is 2. The molecule has 1 aromatic carbocycles. The van der Waals surface area contributed by atoms with Gasteiger partial charge in [-0.15, -0.1) is 0 Å². The van der Waals surface area contributed by atoms with Gasteiger partial charge in [-0.3, -0.25) is 0 Å². The molecule has 0 amide bonds. The molecule has 1 aliphatic carbocycles. The zero-order valence-electron chi connectivity index (χ0n) is 11.5. The van der Waals surface area contributed by atoms with Crippen molar-refractivity contribution < 1.29 is 5.11 Å². The minimum atomic E-state index is -0.416. The van der Waals surface area contributed by atoms with Crippen molar-refractivity contribution in [3.05, 3.63) is 33.8 Å². The molecule has 0 radical (unpaired) electrons. The maximum absolute atomic E-state index is 10.7. The lowest BCUT2D eigenvalue weighted by molar-refractivity contribution is -0.00249. The number of likely N-dealkylation sites (N-methyl/N-ethyl adjacent to an activating group) is 1. The van der Waals surface area contributed by atoms with E-state index in [4.69, 9.17) is 23.2 Å². The highest BCUT2D eigenvalue weighted by molar-refractivity contribution is 6.42. The van der Waals surface area contributed by atoms with Gasteiger partial charge < -0.3 is 10.0 Å². The monoisotopic (exact) mass is 301 g/mol. The van der Waals surface area contributed by atoms with Crippen molar-refractivity contribution >= 4 is 23.2 Å². The average molecular weight is 302 g/mol. The summed E-state index contributed by atoms with van der Waals surface area (Å²) in [6.07, 6.45) is 4.58. The molecule has 1 aliphatic rings. The van der Waals surface area contributed by atoms with E-state index in [9.17, 15) is 5.11 Å². The van der Waals surface area contributed by atoms with E-state index < -0.39 is 6.10 Å². The van der Waals surface area contributed by atoms with Gasteiger partial charge in [-0.05, 0) is 38.6 Å². The highest BCUT2D eigenvalue weighted by Crippen LogP contribution is 2.38. The minimum Gasteiger partial charge on any atom is -0.391 e. The molecule has 2 nitrogen and oxygen atoms in total. The average Bonchev–Trinajstić information content (AvgIpc) is 2.85. The SMILES string of the molecule is CN(C)C1(C(O)Cc2cccc(Cl)c2Cl)CCCC1. The Bertz CT molecular complexity index is 442. The van der Waals surface area contributed by atoms with Crippen molar-refractivity contribution in [1.29, 1.82) is 0 Å². The molecule has 1 atom stereocenters. The third kappa shape index (κ3) is 2.92. The second kappa shape index (κ2) is 6.01. The fourth-order valence-corrected chi connectivity index (χ4v) is 3.57. The first kappa shape index (κ1) is 15.1. The molecule has 1 unspecified atom stereocenters. The first-order valence-corrected chi connectivity index (χ1v) is 7.51.